The number of aliphatic hydroxyl groups is 1. The fraction of sp³-hybridized carbons (Fsp3) is 0.941. The number of carbonyl (C=O) groups excluding carboxylic acids is 1. The van der Waals surface area contributed by atoms with Crippen LogP contribution in [0.15, 0.2) is 0 Å². The Morgan fingerprint density at radius 3 is 2.41 bits per heavy atom. The molecule has 128 valence electrons. The molecular formula is C17H32N2O3. The van der Waals surface area contributed by atoms with E-state index in [1.54, 1.807) is 0 Å². The Morgan fingerprint density at radius 2 is 1.86 bits per heavy atom. The van der Waals surface area contributed by atoms with E-state index < -0.39 is 5.60 Å². The Bertz CT molecular complexity index is 359. The average molecular weight is 312 g/mol. The van der Waals surface area contributed by atoms with Gasteiger partial charge in [0.15, 0.2) is 0 Å². The Hall–Kier alpha value is -0.810. The summed E-state index contributed by atoms with van der Waals surface area (Å²) in [5.41, 5.74) is -0.419. The van der Waals surface area contributed by atoms with Gasteiger partial charge in [-0.1, -0.05) is 6.42 Å². The molecule has 1 saturated carbocycles. The zero-order valence-electron chi connectivity index (χ0n) is 14.3. The lowest BCUT2D eigenvalue weighted by Crippen LogP contribution is -2.43. The van der Waals surface area contributed by atoms with Crippen molar-refractivity contribution in [1.29, 1.82) is 0 Å². The molecule has 0 radical (unpaired) electrons. The summed E-state index contributed by atoms with van der Waals surface area (Å²) in [6, 6.07) is 0. The largest absolute Gasteiger partial charge is 0.444 e. The highest BCUT2D eigenvalue weighted by Crippen LogP contribution is 2.25. The number of piperidine rings is 1. The van der Waals surface area contributed by atoms with Gasteiger partial charge in [0.2, 0.25) is 0 Å². The summed E-state index contributed by atoms with van der Waals surface area (Å²) >= 11 is 0. The van der Waals surface area contributed by atoms with Gasteiger partial charge in [0, 0.05) is 19.6 Å². The molecule has 0 spiro atoms. The molecule has 2 N–H and O–H groups in total. The van der Waals surface area contributed by atoms with Crippen molar-refractivity contribution in [2.75, 3.05) is 26.2 Å². The second kappa shape index (κ2) is 7.64. The molecule has 0 aromatic carbocycles. The van der Waals surface area contributed by atoms with Crippen LogP contribution in [0.2, 0.25) is 0 Å². The van der Waals surface area contributed by atoms with E-state index in [4.69, 9.17) is 4.74 Å². The van der Waals surface area contributed by atoms with E-state index in [0.29, 0.717) is 11.8 Å². The van der Waals surface area contributed by atoms with Gasteiger partial charge in [-0.3, -0.25) is 0 Å². The maximum atomic E-state index is 12.0. The highest BCUT2D eigenvalue weighted by atomic mass is 16.6. The number of aliphatic hydroxyl groups excluding tert-OH is 1. The first-order valence-corrected chi connectivity index (χ1v) is 8.72. The van der Waals surface area contributed by atoms with Crippen LogP contribution in [0.4, 0.5) is 4.79 Å². The third-order valence-corrected chi connectivity index (χ3v) is 4.72. The first kappa shape index (κ1) is 17.5. The molecule has 0 aromatic heterocycles. The topological polar surface area (TPSA) is 61.8 Å². The summed E-state index contributed by atoms with van der Waals surface area (Å²) in [6.07, 6.45) is 5.02. The van der Waals surface area contributed by atoms with Gasteiger partial charge in [-0.2, -0.15) is 0 Å². The van der Waals surface area contributed by atoms with Crippen molar-refractivity contribution in [3.05, 3.63) is 0 Å². The standard InChI is InChI=1S/C17H32N2O3/c1-17(2,3)22-16(21)19-9-7-13(8-10-19)11-18-12-14-5-4-6-15(14)20/h13-15,18,20H,4-12H2,1-3H3. The summed E-state index contributed by atoms with van der Waals surface area (Å²) in [7, 11) is 0. The lowest BCUT2D eigenvalue weighted by molar-refractivity contribution is 0.0183. The zero-order chi connectivity index (χ0) is 16.2. The molecule has 1 aliphatic heterocycles. The molecule has 2 unspecified atom stereocenters. The third kappa shape index (κ3) is 5.43. The first-order valence-electron chi connectivity index (χ1n) is 8.72. The lowest BCUT2D eigenvalue weighted by atomic mass is 9.96. The van der Waals surface area contributed by atoms with Crippen molar-refractivity contribution >= 4 is 6.09 Å². The molecule has 2 aliphatic rings. The number of rotatable bonds is 4. The fourth-order valence-electron chi connectivity index (χ4n) is 3.37. The van der Waals surface area contributed by atoms with Crippen LogP contribution in [-0.4, -0.2) is 54.0 Å². The van der Waals surface area contributed by atoms with E-state index in [1.807, 2.05) is 25.7 Å². The Kier molecular flexibility index (Phi) is 6.09. The smallest absolute Gasteiger partial charge is 0.410 e. The number of ether oxygens (including phenoxy) is 1. The fourth-order valence-corrected chi connectivity index (χ4v) is 3.37. The van der Waals surface area contributed by atoms with Crippen LogP contribution in [0.3, 0.4) is 0 Å². The number of nitrogens with one attached hydrogen (secondary N) is 1. The molecule has 1 saturated heterocycles. The maximum absolute atomic E-state index is 12.0. The summed E-state index contributed by atoms with van der Waals surface area (Å²) in [4.78, 5) is 13.8. The highest BCUT2D eigenvalue weighted by molar-refractivity contribution is 5.68. The molecule has 2 fully saturated rings. The molecular weight excluding hydrogens is 280 g/mol. The molecule has 1 heterocycles. The molecule has 0 bridgehead atoms. The van der Waals surface area contributed by atoms with E-state index in [0.717, 1.165) is 58.3 Å². The summed E-state index contributed by atoms with van der Waals surface area (Å²) in [5.74, 6) is 1.05. The maximum Gasteiger partial charge on any atom is 0.410 e. The number of nitrogens with zero attached hydrogens (tertiary/aromatic N) is 1. The van der Waals surface area contributed by atoms with Crippen LogP contribution in [0.1, 0.15) is 52.9 Å². The zero-order valence-corrected chi connectivity index (χ0v) is 14.3. The molecule has 1 aliphatic carbocycles. The van der Waals surface area contributed by atoms with Gasteiger partial charge in [-0.15, -0.1) is 0 Å². The van der Waals surface area contributed by atoms with Gasteiger partial charge in [0.25, 0.3) is 0 Å². The van der Waals surface area contributed by atoms with Crippen molar-refractivity contribution in [3.63, 3.8) is 0 Å². The second-order valence-corrected chi connectivity index (χ2v) is 7.83. The van der Waals surface area contributed by atoms with Crippen LogP contribution >= 0.6 is 0 Å². The molecule has 5 nitrogen and oxygen atoms in total. The number of likely N-dealkylation sites (tertiary alicyclic amines) is 1. The normalized spacial score (nSPS) is 27.2. The predicted molar refractivity (Wildman–Crippen MR) is 86.7 cm³/mol. The number of hydrogen-bond acceptors (Lipinski definition) is 4. The van der Waals surface area contributed by atoms with Crippen molar-refractivity contribution in [1.82, 2.24) is 10.2 Å². The Balaban J connectivity index is 1.61. The summed E-state index contributed by atoms with van der Waals surface area (Å²) < 4.78 is 5.42. The third-order valence-electron chi connectivity index (χ3n) is 4.72. The van der Waals surface area contributed by atoms with E-state index in [-0.39, 0.29) is 12.2 Å². The van der Waals surface area contributed by atoms with Crippen LogP contribution in [0, 0.1) is 11.8 Å². The molecule has 22 heavy (non-hydrogen) atoms. The quantitative estimate of drug-likeness (QED) is 0.837. The Morgan fingerprint density at radius 1 is 1.18 bits per heavy atom. The van der Waals surface area contributed by atoms with Gasteiger partial charge in [-0.05, 0) is 64.8 Å². The lowest BCUT2D eigenvalue weighted by Gasteiger charge is -2.33. The van der Waals surface area contributed by atoms with Crippen LogP contribution < -0.4 is 5.32 Å². The minimum Gasteiger partial charge on any atom is -0.444 e. The molecule has 0 aromatic rings. The van der Waals surface area contributed by atoms with Gasteiger partial charge in [-0.25, -0.2) is 4.79 Å². The molecule has 2 rings (SSSR count). The highest BCUT2D eigenvalue weighted by Gasteiger charge is 2.28. The van der Waals surface area contributed by atoms with Gasteiger partial charge >= 0.3 is 6.09 Å². The minimum atomic E-state index is -0.419. The van der Waals surface area contributed by atoms with Crippen LogP contribution in [0.5, 0.6) is 0 Å². The molecule has 2 atom stereocenters. The second-order valence-electron chi connectivity index (χ2n) is 7.83. The minimum absolute atomic E-state index is 0.110. The number of carbonyl (C=O) groups is 1. The molecule has 5 heteroatoms. The van der Waals surface area contributed by atoms with Crippen molar-refractivity contribution in [2.24, 2.45) is 11.8 Å². The number of hydrogen-bond donors (Lipinski definition) is 2. The average Bonchev–Trinajstić information content (AvgIpc) is 2.83. The molecule has 1 amide bonds. The van der Waals surface area contributed by atoms with Crippen LogP contribution in [0.25, 0.3) is 0 Å². The van der Waals surface area contributed by atoms with Crippen molar-refractivity contribution in [3.8, 4) is 0 Å². The van der Waals surface area contributed by atoms with E-state index in [9.17, 15) is 9.90 Å². The van der Waals surface area contributed by atoms with Crippen LogP contribution in [-0.2, 0) is 4.74 Å². The van der Waals surface area contributed by atoms with Crippen molar-refractivity contribution < 1.29 is 14.6 Å². The summed E-state index contributed by atoms with van der Waals surface area (Å²) in [6.45, 7) is 9.19. The van der Waals surface area contributed by atoms with Crippen molar-refractivity contribution in [2.45, 2.75) is 64.6 Å². The van der Waals surface area contributed by atoms with E-state index >= 15 is 0 Å². The SMILES string of the molecule is CC(C)(C)OC(=O)N1CCC(CNCC2CCCC2O)CC1. The van der Waals surface area contributed by atoms with Gasteiger partial charge < -0.3 is 20.1 Å². The Labute approximate surface area is 134 Å². The monoisotopic (exact) mass is 312 g/mol. The first-order chi connectivity index (χ1) is 10.3. The predicted octanol–water partition coefficient (Wildman–Crippen LogP) is 2.38. The number of amides is 1. The summed E-state index contributed by atoms with van der Waals surface area (Å²) in [5, 5.41) is 13.3. The van der Waals surface area contributed by atoms with Gasteiger partial charge in [0.1, 0.15) is 5.60 Å². The van der Waals surface area contributed by atoms with E-state index in [2.05, 4.69) is 5.32 Å². The van der Waals surface area contributed by atoms with Gasteiger partial charge in [0.05, 0.1) is 6.10 Å². The van der Waals surface area contributed by atoms with E-state index in [1.165, 1.54) is 0 Å².